The van der Waals surface area contributed by atoms with Gasteiger partial charge >= 0.3 is 0 Å². The minimum atomic E-state index is -0.431. The van der Waals surface area contributed by atoms with Crippen molar-refractivity contribution in [3.8, 4) is 11.5 Å². The third kappa shape index (κ3) is 3.53. The molecule has 1 aromatic carbocycles. The molecule has 112 valence electrons. The lowest BCUT2D eigenvalue weighted by atomic mass is 9.88. The lowest BCUT2D eigenvalue weighted by Crippen LogP contribution is -2.31. The molecule has 0 spiro atoms. The molecule has 0 fully saturated rings. The Morgan fingerprint density at radius 1 is 1.20 bits per heavy atom. The van der Waals surface area contributed by atoms with Crippen LogP contribution in [-0.4, -0.2) is 25.2 Å². The highest BCUT2D eigenvalue weighted by molar-refractivity contribution is 5.68. The molecule has 0 amide bonds. The van der Waals surface area contributed by atoms with E-state index in [4.69, 9.17) is 9.47 Å². The first-order valence-electron chi connectivity index (χ1n) is 6.37. The second-order valence-electron chi connectivity index (χ2n) is 5.71. The summed E-state index contributed by atoms with van der Waals surface area (Å²) in [5.74, 6) is 0.801. The van der Waals surface area contributed by atoms with Gasteiger partial charge in [-0.05, 0) is 12.3 Å². The molecule has 0 saturated heterocycles. The van der Waals surface area contributed by atoms with Gasteiger partial charge in [0.2, 0.25) is 0 Å². The largest absolute Gasteiger partial charge is 0.493 e. The smallest absolute Gasteiger partial charge is 0.296 e. The summed E-state index contributed by atoms with van der Waals surface area (Å²) >= 11 is 0. The van der Waals surface area contributed by atoms with Gasteiger partial charge in [-0.25, -0.2) is 0 Å². The zero-order valence-electron chi connectivity index (χ0n) is 12.8. The van der Waals surface area contributed by atoms with E-state index in [-0.39, 0.29) is 17.1 Å². The first-order chi connectivity index (χ1) is 9.20. The number of nitro groups is 1. The summed E-state index contributed by atoms with van der Waals surface area (Å²) in [6.45, 7) is 8.19. The fourth-order valence-electron chi connectivity index (χ4n) is 1.58. The van der Waals surface area contributed by atoms with E-state index in [0.29, 0.717) is 17.2 Å². The van der Waals surface area contributed by atoms with Crippen LogP contribution in [0, 0.1) is 15.5 Å². The Hall–Kier alpha value is -1.98. The summed E-state index contributed by atoms with van der Waals surface area (Å²) in [6.07, 6.45) is 0. The van der Waals surface area contributed by atoms with Crippen LogP contribution in [0.5, 0.6) is 11.5 Å². The number of anilines is 1. The number of benzene rings is 1. The maximum absolute atomic E-state index is 11.2. The first-order valence-corrected chi connectivity index (χ1v) is 6.37. The molecule has 0 heterocycles. The predicted molar refractivity (Wildman–Crippen MR) is 78.7 cm³/mol. The Kier molecular flexibility index (Phi) is 4.81. The molecule has 0 aliphatic carbocycles. The van der Waals surface area contributed by atoms with Crippen LogP contribution in [0.3, 0.4) is 0 Å². The van der Waals surface area contributed by atoms with Crippen molar-refractivity contribution >= 4 is 11.4 Å². The van der Waals surface area contributed by atoms with E-state index in [1.807, 2.05) is 6.92 Å². The van der Waals surface area contributed by atoms with Crippen molar-refractivity contribution in [2.75, 3.05) is 19.5 Å². The van der Waals surface area contributed by atoms with Crippen molar-refractivity contribution in [3.63, 3.8) is 0 Å². The monoisotopic (exact) mass is 282 g/mol. The zero-order valence-corrected chi connectivity index (χ0v) is 12.8. The number of nitro benzene ring substituents is 1. The fourth-order valence-corrected chi connectivity index (χ4v) is 1.58. The summed E-state index contributed by atoms with van der Waals surface area (Å²) in [5, 5.41) is 14.4. The third-order valence-electron chi connectivity index (χ3n) is 3.37. The number of methoxy groups -OCH3 is 2. The van der Waals surface area contributed by atoms with E-state index in [9.17, 15) is 10.1 Å². The number of nitrogens with zero attached hydrogens (tertiary/aromatic N) is 1. The van der Waals surface area contributed by atoms with Crippen LogP contribution in [0.1, 0.15) is 27.7 Å². The van der Waals surface area contributed by atoms with Crippen LogP contribution in [0.2, 0.25) is 0 Å². The van der Waals surface area contributed by atoms with Gasteiger partial charge in [0.05, 0.1) is 25.2 Å². The molecule has 1 N–H and O–H groups in total. The van der Waals surface area contributed by atoms with Crippen molar-refractivity contribution in [2.45, 2.75) is 33.7 Å². The van der Waals surface area contributed by atoms with Crippen LogP contribution < -0.4 is 14.8 Å². The zero-order chi connectivity index (χ0) is 15.5. The molecule has 0 aromatic heterocycles. The third-order valence-corrected chi connectivity index (χ3v) is 3.37. The lowest BCUT2D eigenvalue weighted by molar-refractivity contribution is -0.384. The Morgan fingerprint density at radius 2 is 1.70 bits per heavy atom. The predicted octanol–water partition coefficient (Wildman–Crippen LogP) is 3.46. The van der Waals surface area contributed by atoms with E-state index < -0.39 is 4.92 Å². The normalized spacial score (nSPS) is 12.7. The standard InChI is InChI=1S/C14H22N2O4/c1-9(14(2,3)4)15-10-7-12(19-5)13(20-6)8-11(10)16(17)18/h7-9,15H,1-6H3. The first kappa shape index (κ1) is 16.1. The van der Waals surface area contributed by atoms with Crippen LogP contribution in [0.25, 0.3) is 0 Å². The van der Waals surface area contributed by atoms with Gasteiger partial charge in [0, 0.05) is 12.1 Å². The van der Waals surface area contributed by atoms with Crippen molar-refractivity contribution in [2.24, 2.45) is 5.41 Å². The van der Waals surface area contributed by atoms with Gasteiger partial charge in [-0.1, -0.05) is 20.8 Å². The van der Waals surface area contributed by atoms with Gasteiger partial charge in [0.25, 0.3) is 5.69 Å². The SMILES string of the molecule is COc1cc(NC(C)C(C)(C)C)c([N+](=O)[O-])cc1OC. The summed E-state index contributed by atoms with van der Waals surface area (Å²) in [4.78, 5) is 10.8. The molecule has 0 aliphatic rings. The van der Waals surface area contributed by atoms with Crippen molar-refractivity contribution in [1.82, 2.24) is 0 Å². The molecule has 1 rings (SSSR count). The molecule has 0 saturated carbocycles. The van der Waals surface area contributed by atoms with Gasteiger partial charge in [0.15, 0.2) is 11.5 Å². The Labute approximate surface area is 119 Å². The summed E-state index contributed by atoms with van der Waals surface area (Å²) in [5.41, 5.74) is 0.370. The summed E-state index contributed by atoms with van der Waals surface area (Å²) in [6, 6.07) is 3.02. The molecule has 0 radical (unpaired) electrons. The van der Waals surface area contributed by atoms with Gasteiger partial charge in [-0.3, -0.25) is 10.1 Å². The number of hydrogen-bond acceptors (Lipinski definition) is 5. The molecule has 1 aromatic rings. The molecule has 6 heteroatoms. The average Bonchev–Trinajstić information content (AvgIpc) is 2.36. The molecular weight excluding hydrogens is 260 g/mol. The van der Waals surface area contributed by atoms with Crippen LogP contribution in [0.15, 0.2) is 12.1 Å². The van der Waals surface area contributed by atoms with E-state index in [2.05, 4.69) is 26.1 Å². The molecule has 20 heavy (non-hydrogen) atoms. The van der Waals surface area contributed by atoms with Crippen LogP contribution in [0.4, 0.5) is 11.4 Å². The highest BCUT2D eigenvalue weighted by Crippen LogP contribution is 2.38. The molecule has 0 aliphatic heterocycles. The van der Waals surface area contributed by atoms with E-state index in [1.165, 1.54) is 20.3 Å². The van der Waals surface area contributed by atoms with E-state index in [0.717, 1.165) is 0 Å². The average molecular weight is 282 g/mol. The quantitative estimate of drug-likeness (QED) is 0.661. The molecule has 1 atom stereocenters. The number of nitrogens with one attached hydrogen (secondary N) is 1. The maximum Gasteiger partial charge on any atom is 0.296 e. The topological polar surface area (TPSA) is 73.6 Å². The molecule has 0 bridgehead atoms. The van der Waals surface area contributed by atoms with Crippen molar-refractivity contribution in [1.29, 1.82) is 0 Å². The van der Waals surface area contributed by atoms with Crippen molar-refractivity contribution in [3.05, 3.63) is 22.2 Å². The minimum absolute atomic E-state index is 0.0268. The molecule has 1 unspecified atom stereocenters. The number of rotatable bonds is 5. The molecular formula is C14H22N2O4. The Bertz CT molecular complexity index is 495. The number of hydrogen-bond donors (Lipinski definition) is 1. The lowest BCUT2D eigenvalue weighted by Gasteiger charge is -2.29. The minimum Gasteiger partial charge on any atom is -0.493 e. The highest BCUT2D eigenvalue weighted by Gasteiger charge is 2.25. The molecule has 6 nitrogen and oxygen atoms in total. The highest BCUT2D eigenvalue weighted by atomic mass is 16.6. The van der Waals surface area contributed by atoms with Gasteiger partial charge in [-0.15, -0.1) is 0 Å². The Morgan fingerprint density at radius 3 is 2.10 bits per heavy atom. The van der Waals surface area contributed by atoms with Gasteiger partial charge in [-0.2, -0.15) is 0 Å². The fraction of sp³-hybridized carbons (Fsp3) is 0.571. The van der Waals surface area contributed by atoms with Gasteiger partial charge < -0.3 is 14.8 Å². The maximum atomic E-state index is 11.2. The Balaban J connectivity index is 3.26. The van der Waals surface area contributed by atoms with Crippen LogP contribution >= 0.6 is 0 Å². The van der Waals surface area contributed by atoms with Crippen LogP contribution in [-0.2, 0) is 0 Å². The van der Waals surface area contributed by atoms with Gasteiger partial charge in [0.1, 0.15) is 5.69 Å². The number of ether oxygens (including phenoxy) is 2. The van der Waals surface area contributed by atoms with E-state index in [1.54, 1.807) is 6.07 Å². The van der Waals surface area contributed by atoms with Crippen molar-refractivity contribution < 1.29 is 14.4 Å². The summed E-state index contributed by atoms with van der Waals surface area (Å²) < 4.78 is 10.3. The summed E-state index contributed by atoms with van der Waals surface area (Å²) in [7, 11) is 2.95. The second-order valence-corrected chi connectivity index (χ2v) is 5.71. The van der Waals surface area contributed by atoms with E-state index >= 15 is 0 Å². The second kappa shape index (κ2) is 5.98.